The smallest absolute Gasteiger partial charge is 0.270 e. The lowest BCUT2D eigenvalue weighted by atomic mass is 10.1. The Hall–Kier alpha value is -2.46. The van der Waals surface area contributed by atoms with E-state index in [1.807, 2.05) is 18.2 Å². The fourth-order valence-electron chi connectivity index (χ4n) is 3.20. The van der Waals surface area contributed by atoms with E-state index in [2.05, 4.69) is 14.6 Å². The van der Waals surface area contributed by atoms with Gasteiger partial charge in [-0.25, -0.2) is 9.29 Å². The van der Waals surface area contributed by atoms with Gasteiger partial charge in [-0.3, -0.25) is 10.1 Å². The lowest BCUT2D eigenvalue weighted by Crippen LogP contribution is -2.46. The first kappa shape index (κ1) is 18.9. The van der Waals surface area contributed by atoms with Crippen molar-refractivity contribution in [3.63, 3.8) is 0 Å². The number of aromatic nitrogens is 1. The van der Waals surface area contributed by atoms with E-state index in [1.54, 1.807) is 18.0 Å². The molecule has 0 aliphatic carbocycles. The molecule has 0 saturated carbocycles. The van der Waals surface area contributed by atoms with Crippen molar-refractivity contribution in [2.75, 3.05) is 31.6 Å². The summed E-state index contributed by atoms with van der Waals surface area (Å²) in [6, 6.07) is 10.6. The second-order valence-corrected chi connectivity index (χ2v) is 7.89. The number of aliphatic hydroxyl groups excluding tert-OH is 2. The number of nitro benzene ring substituents is 1. The van der Waals surface area contributed by atoms with Gasteiger partial charge < -0.3 is 15.5 Å². The zero-order valence-electron chi connectivity index (χ0n) is 15.0. The minimum absolute atomic E-state index is 0.0129. The van der Waals surface area contributed by atoms with Crippen LogP contribution in [0.15, 0.2) is 41.3 Å². The number of fused-ring (bicyclic) bond motifs is 2. The average Bonchev–Trinajstić information content (AvgIpc) is 2.66. The van der Waals surface area contributed by atoms with Crippen molar-refractivity contribution in [3.8, 4) is 0 Å². The molecule has 0 amide bonds. The van der Waals surface area contributed by atoms with Gasteiger partial charge in [0.2, 0.25) is 0 Å². The summed E-state index contributed by atoms with van der Waals surface area (Å²) in [5, 5.41) is 34.7. The minimum atomic E-state index is -0.414. The second-order valence-electron chi connectivity index (χ2n) is 6.72. The van der Waals surface area contributed by atoms with Crippen molar-refractivity contribution < 1.29 is 15.1 Å². The molecule has 0 bridgehead atoms. The highest BCUT2D eigenvalue weighted by molar-refractivity contribution is 7.97. The zero-order chi connectivity index (χ0) is 19.7. The first-order chi connectivity index (χ1) is 13.5. The van der Waals surface area contributed by atoms with Crippen LogP contribution in [0, 0.1) is 10.1 Å². The predicted molar refractivity (Wildman–Crippen MR) is 110 cm³/mol. The molecule has 9 heteroatoms. The summed E-state index contributed by atoms with van der Waals surface area (Å²) in [5.74, 6) is 0. The molecule has 1 saturated heterocycles. The molecule has 2 heterocycles. The van der Waals surface area contributed by atoms with Gasteiger partial charge in [-0.1, -0.05) is 0 Å². The van der Waals surface area contributed by atoms with Crippen molar-refractivity contribution in [1.29, 1.82) is 0 Å². The lowest BCUT2D eigenvalue weighted by molar-refractivity contribution is -0.384. The standard InChI is InChI=1S/C19H20N4O4S/c24-7-1-6-20-19-15-8-12(23(26)27)2-4-17(15)21-18-5-3-14(9-16(18)19)28-22-10-13(25)11-22/h2-5,8-9,13,24-25H,1,6-7,10-11H2,(H,20,21). The third kappa shape index (κ3) is 3.74. The van der Waals surface area contributed by atoms with Gasteiger partial charge in [-0.2, -0.15) is 0 Å². The molecule has 146 valence electrons. The number of nitro groups is 1. The summed E-state index contributed by atoms with van der Waals surface area (Å²) in [6.45, 7) is 1.87. The van der Waals surface area contributed by atoms with E-state index in [4.69, 9.17) is 5.11 Å². The van der Waals surface area contributed by atoms with E-state index < -0.39 is 4.92 Å². The van der Waals surface area contributed by atoms with Gasteiger partial charge in [0.15, 0.2) is 0 Å². The van der Waals surface area contributed by atoms with Crippen molar-refractivity contribution in [3.05, 3.63) is 46.5 Å². The third-order valence-corrected chi connectivity index (χ3v) is 5.66. The van der Waals surface area contributed by atoms with Crippen molar-refractivity contribution in [1.82, 2.24) is 9.29 Å². The van der Waals surface area contributed by atoms with Gasteiger partial charge in [0, 0.05) is 54.0 Å². The average molecular weight is 400 g/mol. The van der Waals surface area contributed by atoms with E-state index in [9.17, 15) is 15.2 Å². The summed E-state index contributed by atoms with van der Waals surface area (Å²) >= 11 is 1.57. The van der Waals surface area contributed by atoms with E-state index >= 15 is 0 Å². The van der Waals surface area contributed by atoms with Crippen molar-refractivity contribution >= 4 is 45.1 Å². The fraction of sp³-hybridized carbons (Fsp3) is 0.316. The molecule has 0 unspecified atom stereocenters. The third-order valence-electron chi connectivity index (χ3n) is 4.64. The monoisotopic (exact) mass is 400 g/mol. The SMILES string of the molecule is O=[N+]([O-])c1ccc2nc3ccc(SN4CC(O)C4)cc3c(NCCCO)c2c1. The molecule has 2 aromatic carbocycles. The normalized spacial score (nSPS) is 15.1. The van der Waals surface area contributed by atoms with Gasteiger partial charge >= 0.3 is 0 Å². The molecule has 0 atom stereocenters. The molecule has 3 aromatic rings. The highest BCUT2D eigenvalue weighted by Gasteiger charge is 2.25. The number of β-amino-alcohol motifs (C(OH)–C–C–N with tert-alkyl or cyclic N) is 1. The molecular formula is C19H20N4O4S. The molecular weight excluding hydrogens is 380 g/mol. The van der Waals surface area contributed by atoms with Gasteiger partial charge in [0.1, 0.15) is 0 Å². The maximum Gasteiger partial charge on any atom is 0.270 e. The van der Waals surface area contributed by atoms with Crippen LogP contribution in [0.4, 0.5) is 11.4 Å². The number of nitrogens with one attached hydrogen (secondary N) is 1. The number of hydrogen-bond donors (Lipinski definition) is 3. The number of rotatable bonds is 7. The van der Waals surface area contributed by atoms with Crippen LogP contribution in [-0.2, 0) is 0 Å². The van der Waals surface area contributed by atoms with Gasteiger partial charge in [0.25, 0.3) is 5.69 Å². The number of benzene rings is 2. The van der Waals surface area contributed by atoms with Crippen molar-refractivity contribution in [2.45, 2.75) is 17.4 Å². The highest BCUT2D eigenvalue weighted by atomic mass is 32.2. The van der Waals surface area contributed by atoms with Crippen LogP contribution >= 0.6 is 11.9 Å². The Labute approximate surface area is 165 Å². The number of anilines is 1. The quantitative estimate of drug-likeness (QED) is 0.182. The maximum atomic E-state index is 11.2. The van der Waals surface area contributed by atoms with Gasteiger partial charge in [-0.15, -0.1) is 0 Å². The summed E-state index contributed by atoms with van der Waals surface area (Å²) < 4.78 is 2.07. The summed E-state index contributed by atoms with van der Waals surface area (Å²) in [6.07, 6.45) is 0.301. The predicted octanol–water partition coefficient (Wildman–Crippen LogP) is 2.77. The molecule has 0 spiro atoms. The Morgan fingerprint density at radius 1 is 1.21 bits per heavy atom. The Balaban J connectivity index is 1.81. The molecule has 0 radical (unpaired) electrons. The Kier molecular flexibility index (Phi) is 5.31. The Morgan fingerprint density at radius 3 is 2.61 bits per heavy atom. The molecule has 1 aliphatic heterocycles. The maximum absolute atomic E-state index is 11.2. The molecule has 1 aliphatic rings. The zero-order valence-corrected chi connectivity index (χ0v) is 15.9. The summed E-state index contributed by atoms with van der Waals surface area (Å²) in [4.78, 5) is 16.5. The van der Waals surface area contributed by atoms with E-state index in [0.717, 1.165) is 21.5 Å². The molecule has 1 aromatic heterocycles. The first-order valence-electron chi connectivity index (χ1n) is 9.03. The minimum Gasteiger partial charge on any atom is -0.396 e. The summed E-state index contributed by atoms with van der Waals surface area (Å²) in [5.41, 5.74) is 2.26. The summed E-state index contributed by atoms with van der Waals surface area (Å²) in [7, 11) is 0. The van der Waals surface area contributed by atoms with E-state index in [0.29, 0.717) is 37.0 Å². The fourth-order valence-corrected chi connectivity index (χ4v) is 4.29. The van der Waals surface area contributed by atoms with E-state index in [1.165, 1.54) is 12.1 Å². The topological polar surface area (TPSA) is 112 Å². The molecule has 8 nitrogen and oxygen atoms in total. The highest BCUT2D eigenvalue weighted by Crippen LogP contribution is 2.36. The number of non-ortho nitro benzene ring substituents is 1. The molecule has 4 rings (SSSR count). The van der Waals surface area contributed by atoms with E-state index in [-0.39, 0.29) is 18.4 Å². The largest absolute Gasteiger partial charge is 0.396 e. The van der Waals surface area contributed by atoms with Gasteiger partial charge in [-0.05, 0) is 42.6 Å². The van der Waals surface area contributed by atoms with Crippen LogP contribution in [0.3, 0.4) is 0 Å². The van der Waals surface area contributed by atoms with Crippen LogP contribution in [0.25, 0.3) is 21.8 Å². The van der Waals surface area contributed by atoms with Crippen molar-refractivity contribution in [2.24, 2.45) is 0 Å². The number of hydrogen-bond acceptors (Lipinski definition) is 8. The Morgan fingerprint density at radius 2 is 1.93 bits per heavy atom. The molecule has 3 N–H and O–H groups in total. The van der Waals surface area contributed by atoms with Crippen LogP contribution in [0.5, 0.6) is 0 Å². The van der Waals surface area contributed by atoms with Crippen LogP contribution in [0.2, 0.25) is 0 Å². The lowest BCUT2D eigenvalue weighted by Gasteiger charge is -2.34. The van der Waals surface area contributed by atoms with Gasteiger partial charge in [0.05, 0.1) is 27.7 Å². The Bertz CT molecular complexity index is 1040. The first-order valence-corrected chi connectivity index (χ1v) is 9.80. The van der Waals surface area contributed by atoms with Crippen LogP contribution < -0.4 is 5.32 Å². The molecule has 28 heavy (non-hydrogen) atoms. The second kappa shape index (κ2) is 7.88. The van der Waals surface area contributed by atoms with Crippen LogP contribution in [0.1, 0.15) is 6.42 Å². The number of pyridine rings is 1. The number of aliphatic hydroxyl groups is 2. The van der Waals surface area contributed by atoms with Crippen LogP contribution in [-0.4, -0.2) is 56.8 Å². The molecule has 1 fully saturated rings. The number of nitrogens with zero attached hydrogens (tertiary/aromatic N) is 3.